The molecule has 1 atom stereocenters. The molecule has 0 unspecified atom stereocenters. The summed E-state index contributed by atoms with van der Waals surface area (Å²) < 4.78 is 0. The Balaban J connectivity index is 0.00000163. The van der Waals surface area contributed by atoms with E-state index in [9.17, 15) is 0 Å². The zero-order valence-electron chi connectivity index (χ0n) is 17.0. The Kier molecular flexibility index (Phi) is 8.04. The van der Waals surface area contributed by atoms with E-state index in [0.29, 0.717) is 12.4 Å². The third-order valence-corrected chi connectivity index (χ3v) is 4.07. The number of nitrogens with two attached hydrogens (primary N) is 1. The number of aliphatic imine (C=N–C) groups is 1. The lowest BCUT2D eigenvalue weighted by molar-refractivity contribution is 0.485. The summed E-state index contributed by atoms with van der Waals surface area (Å²) in [5, 5.41) is 0. The van der Waals surface area contributed by atoms with Gasteiger partial charge in [-0.1, -0.05) is 49.8 Å². The Morgan fingerprint density at radius 1 is 1.23 bits per heavy atom. The number of hydrogen-bond donors (Lipinski definition) is 1. The summed E-state index contributed by atoms with van der Waals surface area (Å²) in [6.07, 6.45) is 6.28. The molecule has 140 valence electrons. The van der Waals surface area contributed by atoms with Crippen LogP contribution in [-0.4, -0.2) is 29.9 Å². The summed E-state index contributed by atoms with van der Waals surface area (Å²) in [7, 11) is 3.77. The highest BCUT2D eigenvalue weighted by Gasteiger charge is 2.26. The molecule has 0 aliphatic heterocycles. The van der Waals surface area contributed by atoms with Gasteiger partial charge in [-0.15, -0.1) is 6.58 Å². The van der Waals surface area contributed by atoms with Crippen LogP contribution in [0.15, 0.2) is 60.4 Å². The van der Waals surface area contributed by atoms with Gasteiger partial charge in [0.25, 0.3) is 0 Å². The molecule has 1 aromatic heterocycles. The summed E-state index contributed by atoms with van der Waals surface area (Å²) in [6.45, 7) is 12.0. The van der Waals surface area contributed by atoms with Gasteiger partial charge in [0.05, 0.1) is 5.54 Å². The van der Waals surface area contributed by atoms with Gasteiger partial charge in [-0.2, -0.15) is 0 Å². The highest BCUT2D eigenvalue weighted by atomic mass is 15.2. The molecule has 0 aliphatic carbocycles. The van der Waals surface area contributed by atoms with Crippen molar-refractivity contribution < 1.29 is 0 Å². The average Bonchev–Trinajstić information content (AvgIpc) is 2.63. The molecule has 0 amide bonds. The number of benzene rings is 1. The van der Waals surface area contributed by atoms with Gasteiger partial charge in [0, 0.05) is 32.1 Å². The van der Waals surface area contributed by atoms with E-state index in [-0.39, 0.29) is 0 Å². The van der Waals surface area contributed by atoms with Crippen molar-refractivity contribution in [2.75, 3.05) is 14.1 Å². The lowest BCUT2D eigenvalue weighted by atomic mass is 9.89. The van der Waals surface area contributed by atoms with Crippen LogP contribution in [-0.2, 0) is 5.54 Å². The Bertz CT molecular complexity index is 749. The smallest absolute Gasteiger partial charge is 0.191 e. The molecule has 0 spiro atoms. The van der Waals surface area contributed by atoms with Gasteiger partial charge in [0.1, 0.15) is 0 Å². The quantitative estimate of drug-likeness (QED) is 0.480. The van der Waals surface area contributed by atoms with Gasteiger partial charge < -0.3 is 10.6 Å². The molecule has 0 saturated heterocycles. The molecule has 4 nitrogen and oxygen atoms in total. The normalized spacial score (nSPS) is 13.2. The second kappa shape index (κ2) is 9.76. The molecule has 0 aliphatic rings. The van der Waals surface area contributed by atoms with Crippen LogP contribution in [0.4, 0.5) is 0 Å². The lowest BCUT2D eigenvalue weighted by Crippen LogP contribution is -2.34. The average molecular weight is 353 g/mol. The van der Waals surface area contributed by atoms with E-state index >= 15 is 0 Å². The maximum Gasteiger partial charge on any atom is 0.191 e. The number of rotatable bonds is 5. The van der Waals surface area contributed by atoms with Gasteiger partial charge in [-0.25, -0.2) is 4.99 Å². The first-order valence-electron chi connectivity index (χ1n) is 9.02. The third-order valence-electron chi connectivity index (χ3n) is 4.07. The van der Waals surface area contributed by atoms with Crippen molar-refractivity contribution in [2.24, 2.45) is 10.7 Å². The van der Waals surface area contributed by atoms with Crippen molar-refractivity contribution >= 4 is 5.96 Å². The van der Waals surface area contributed by atoms with Crippen LogP contribution in [0.5, 0.6) is 0 Å². The lowest BCUT2D eigenvalue weighted by Gasteiger charge is -2.27. The van der Waals surface area contributed by atoms with Crippen LogP contribution in [0.25, 0.3) is 11.1 Å². The van der Waals surface area contributed by atoms with E-state index in [1.54, 1.807) is 4.90 Å². The second-order valence-electron chi connectivity index (χ2n) is 6.46. The van der Waals surface area contributed by atoms with Crippen molar-refractivity contribution in [3.8, 4) is 11.1 Å². The summed E-state index contributed by atoms with van der Waals surface area (Å²) in [5.41, 5.74) is 10.0. The van der Waals surface area contributed by atoms with Crippen LogP contribution < -0.4 is 5.73 Å². The molecule has 0 bridgehead atoms. The fraction of sp³-hybridized carbons (Fsp3) is 0.364. The van der Waals surface area contributed by atoms with Crippen LogP contribution >= 0.6 is 0 Å². The summed E-state index contributed by atoms with van der Waals surface area (Å²) >= 11 is 0. The summed E-state index contributed by atoms with van der Waals surface area (Å²) in [4.78, 5) is 11.0. The van der Waals surface area contributed by atoms with Crippen LogP contribution in [0, 0.1) is 6.92 Å². The number of guanidine groups is 1. The molecular formula is C22H32N4. The Hall–Kier alpha value is -2.62. The summed E-state index contributed by atoms with van der Waals surface area (Å²) in [5.74, 6) is 0.486. The van der Waals surface area contributed by atoms with Crippen LogP contribution in [0.1, 0.15) is 38.3 Å². The van der Waals surface area contributed by atoms with E-state index < -0.39 is 5.54 Å². The third kappa shape index (κ3) is 5.45. The zero-order valence-corrected chi connectivity index (χ0v) is 17.0. The van der Waals surface area contributed by atoms with Crippen LogP contribution in [0.3, 0.4) is 0 Å². The number of hydrogen-bond acceptors (Lipinski definition) is 2. The molecule has 1 aromatic carbocycles. The minimum Gasteiger partial charge on any atom is -0.370 e. The van der Waals surface area contributed by atoms with Crippen LogP contribution in [0.2, 0.25) is 0 Å². The second-order valence-corrected chi connectivity index (χ2v) is 6.46. The number of nitrogens with zero attached hydrogens (tertiary/aromatic N) is 3. The number of aromatic nitrogens is 1. The van der Waals surface area contributed by atoms with E-state index in [1.807, 2.05) is 46.4 Å². The molecule has 26 heavy (non-hydrogen) atoms. The van der Waals surface area contributed by atoms with Crippen molar-refractivity contribution in [2.45, 2.75) is 39.7 Å². The maximum atomic E-state index is 6.06. The Labute approximate surface area is 158 Å². The SMILES string of the molecule is C=CC[C@](C)(N=C(N)N(C)C)c1cncc(-c2cccc(C)c2)c1.CC. The maximum absolute atomic E-state index is 6.06. The molecule has 2 N–H and O–H groups in total. The van der Waals surface area contributed by atoms with E-state index in [4.69, 9.17) is 10.7 Å². The first-order valence-corrected chi connectivity index (χ1v) is 9.02. The van der Waals surface area contributed by atoms with E-state index in [1.165, 1.54) is 5.56 Å². The molecule has 1 heterocycles. The Morgan fingerprint density at radius 2 is 1.92 bits per heavy atom. The van der Waals surface area contributed by atoms with Crippen molar-refractivity contribution in [3.63, 3.8) is 0 Å². The molecular weight excluding hydrogens is 320 g/mol. The van der Waals surface area contributed by atoms with Gasteiger partial charge in [0.15, 0.2) is 5.96 Å². The first kappa shape index (κ1) is 21.4. The molecule has 0 saturated carbocycles. The predicted octanol–water partition coefficient (Wildman–Crippen LogP) is 4.75. The molecule has 2 aromatic rings. The largest absolute Gasteiger partial charge is 0.370 e. The minimum atomic E-state index is -0.497. The van der Waals surface area contributed by atoms with Gasteiger partial charge in [-0.05, 0) is 37.5 Å². The fourth-order valence-corrected chi connectivity index (χ4v) is 2.58. The van der Waals surface area contributed by atoms with Crippen molar-refractivity contribution in [1.82, 2.24) is 9.88 Å². The first-order chi connectivity index (χ1) is 12.4. The molecule has 4 heteroatoms. The minimum absolute atomic E-state index is 0.486. The van der Waals surface area contributed by atoms with E-state index in [2.05, 4.69) is 55.7 Å². The van der Waals surface area contributed by atoms with E-state index in [0.717, 1.165) is 16.7 Å². The van der Waals surface area contributed by atoms with Crippen molar-refractivity contribution in [1.29, 1.82) is 0 Å². The van der Waals surface area contributed by atoms with Gasteiger partial charge in [0.2, 0.25) is 0 Å². The topological polar surface area (TPSA) is 54.5 Å². The van der Waals surface area contributed by atoms with Crippen molar-refractivity contribution in [3.05, 3.63) is 66.5 Å². The number of pyridine rings is 1. The summed E-state index contributed by atoms with van der Waals surface area (Å²) in [6, 6.07) is 10.5. The van der Waals surface area contributed by atoms with Gasteiger partial charge in [-0.3, -0.25) is 4.98 Å². The predicted molar refractivity (Wildman–Crippen MR) is 113 cm³/mol. The fourth-order valence-electron chi connectivity index (χ4n) is 2.58. The number of aryl methyl sites for hydroxylation is 1. The molecule has 0 fully saturated rings. The molecule has 2 rings (SSSR count). The standard InChI is InChI=1S/C20H26N4.C2H6/c1-6-10-20(3,23-19(21)24(4)5)18-12-17(13-22-14-18)16-9-7-8-15(2)11-16;1-2/h6-9,11-14H,1,10H2,2-5H3,(H2,21,23);1-2H3/t20-;/m0./s1. The highest BCUT2D eigenvalue weighted by molar-refractivity contribution is 5.78. The van der Waals surface area contributed by atoms with Gasteiger partial charge >= 0.3 is 0 Å². The Morgan fingerprint density at radius 3 is 2.50 bits per heavy atom. The molecule has 0 radical (unpaired) electrons. The monoisotopic (exact) mass is 352 g/mol. The highest BCUT2D eigenvalue weighted by Crippen LogP contribution is 2.32. The zero-order chi connectivity index (χ0) is 19.7.